The third-order valence-corrected chi connectivity index (χ3v) is 4.24. The molecule has 1 aromatic rings. The van der Waals surface area contributed by atoms with E-state index >= 15 is 0 Å². The third kappa shape index (κ3) is 5.25. The maximum Gasteiger partial charge on any atom is 0.223 e. The molecule has 2 N–H and O–H groups in total. The molecule has 3 unspecified atom stereocenters. The molecule has 0 saturated carbocycles. The highest BCUT2D eigenvalue weighted by molar-refractivity contribution is 9.10. The lowest BCUT2D eigenvalue weighted by Crippen LogP contribution is -2.42. The molecule has 0 aliphatic carbocycles. The first-order valence-electron chi connectivity index (χ1n) is 7.13. The Kier molecular flexibility index (Phi) is 7.24. The number of nitrogens with one attached hydrogen (secondary N) is 1. The van der Waals surface area contributed by atoms with Crippen molar-refractivity contribution in [2.45, 2.75) is 39.7 Å². The van der Waals surface area contributed by atoms with Crippen molar-refractivity contribution in [3.05, 3.63) is 34.3 Å². The summed E-state index contributed by atoms with van der Waals surface area (Å²) in [7, 11) is 0. The van der Waals surface area contributed by atoms with Gasteiger partial charge in [-0.2, -0.15) is 0 Å². The van der Waals surface area contributed by atoms with Gasteiger partial charge in [-0.25, -0.2) is 0 Å². The fraction of sp³-hybridized carbons (Fsp3) is 0.562. The summed E-state index contributed by atoms with van der Waals surface area (Å²) < 4.78 is 1.03. The predicted molar refractivity (Wildman–Crippen MR) is 85.5 cm³/mol. The quantitative estimate of drug-likeness (QED) is 0.800. The highest BCUT2D eigenvalue weighted by atomic mass is 79.9. The summed E-state index contributed by atoms with van der Waals surface area (Å²) in [4.78, 5) is 12.3. The molecule has 0 aliphatic heterocycles. The molecular formula is C16H24BrNO2. The number of carbonyl (C=O) groups excluding carboxylic acids is 1. The van der Waals surface area contributed by atoms with Gasteiger partial charge in [0.05, 0.1) is 0 Å². The molecule has 0 heterocycles. The summed E-state index contributed by atoms with van der Waals surface area (Å²) in [5, 5.41) is 12.1. The molecule has 0 aromatic heterocycles. The average Bonchev–Trinajstić information content (AvgIpc) is 2.43. The second-order valence-corrected chi connectivity index (χ2v) is 6.31. The lowest BCUT2D eigenvalue weighted by atomic mass is 9.95. The van der Waals surface area contributed by atoms with Gasteiger partial charge in [-0.05, 0) is 43.4 Å². The van der Waals surface area contributed by atoms with Gasteiger partial charge in [0.2, 0.25) is 5.91 Å². The molecule has 1 amide bonds. The second kappa shape index (κ2) is 8.42. The molecule has 0 fully saturated rings. The highest BCUT2D eigenvalue weighted by Crippen LogP contribution is 2.17. The number of carbonyl (C=O) groups is 1. The number of hydrogen-bond acceptors (Lipinski definition) is 2. The van der Waals surface area contributed by atoms with Crippen LogP contribution in [0.5, 0.6) is 0 Å². The van der Waals surface area contributed by atoms with Crippen molar-refractivity contribution < 1.29 is 9.90 Å². The van der Waals surface area contributed by atoms with Gasteiger partial charge < -0.3 is 10.4 Å². The number of rotatable bonds is 7. The molecule has 1 aromatic carbocycles. The van der Waals surface area contributed by atoms with Gasteiger partial charge in [0, 0.05) is 23.0 Å². The van der Waals surface area contributed by atoms with Crippen LogP contribution in [0.15, 0.2) is 28.7 Å². The van der Waals surface area contributed by atoms with Crippen LogP contribution in [0.25, 0.3) is 0 Å². The number of aliphatic hydroxyl groups is 1. The van der Waals surface area contributed by atoms with Crippen LogP contribution < -0.4 is 5.32 Å². The highest BCUT2D eigenvalue weighted by Gasteiger charge is 2.21. The van der Waals surface area contributed by atoms with E-state index in [0.29, 0.717) is 0 Å². The Balaban J connectivity index is 2.64. The summed E-state index contributed by atoms with van der Waals surface area (Å²) >= 11 is 3.45. The zero-order valence-electron chi connectivity index (χ0n) is 12.4. The fourth-order valence-corrected chi connectivity index (χ4v) is 2.46. The van der Waals surface area contributed by atoms with Gasteiger partial charge in [-0.15, -0.1) is 0 Å². The van der Waals surface area contributed by atoms with Gasteiger partial charge in [0.1, 0.15) is 0 Å². The Morgan fingerprint density at radius 2 is 2.10 bits per heavy atom. The predicted octanol–water partition coefficient (Wildman–Crippen LogP) is 3.15. The van der Waals surface area contributed by atoms with Crippen LogP contribution in [0.1, 0.15) is 32.8 Å². The van der Waals surface area contributed by atoms with Gasteiger partial charge in [-0.3, -0.25) is 4.79 Å². The van der Waals surface area contributed by atoms with Crippen LogP contribution in [0.3, 0.4) is 0 Å². The first-order chi connectivity index (χ1) is 9.47. The molecule has 0 saturated heterocycles. The molecule has 0 aliphatic rings. The van der Waals surface area contributed by atoms with Crippen LogP contribution in [0.4, 0.5) is 0 Å². The number of amides is 1. The first kappa shape index (κ1) is 17.2. The number of hydrogen-bond donors (Lipinski definition) is 2. The molecule has 112 valence electrons. The largest absolute Gasteiger partial charge is 0.396 e. The van der Waals surface area contributed by atoms with Crippen LogP contribution in [0, 0.1) is 11.8 Å². The minimum atomic E-state index is -0.0300. The van der Waals surface area contributed by atoms with Crippen molar-refractivity contribution in [1.82, 2.24) is 5.32 Å². The Morgan fingerprint density at radius 3 is 2.65 bits per heavy atom. The molecule has 0 bridgehead atoms. The molecule has 0 spiro atoms. The standard InChI is InChI=1S/C16H24BrNO2/c1-4-14(8-13-6-5-7-15(17)9-13)16(20)18-12(3)11(2)10-19/h5-7,9,11-12,14,19H,4,8,10H2,1-3H3,(H,18,20). The van der Waals surface area contributed by atoms with E-state index in [1.54, 1.807) is 0 Å². The van der Waals surface area contributed by atoms with Crippen molar-refractivity contribution in [2.75, 3.05) is 6.61 Å². The maximum absolute atomic E-state index is 12.3. The second-order valence-electron chi connectivity index (χ2n) is 5.40. The number of aliphatic hydroxyl groups excluding tert-OH is 1. The molecule has 0 radical (unpaired) electrons. The Morgan fingerprint density at radius 1 is 1.40 bits per heavy atom. The van der Waals surface area contributed by atoms with Crippen molar-refractivity contribution in [1.29, 1.82) is 0 Å². The topological polar surface area (TPSA) is 49.3 Å². The van der Waals surface area contributed by atoms with E-state index in [-0.39, 0.29) is 30.4 Å². The van der Waals surface area contributed by atoms with E-state index in [4.69, 9.17) is 5.11 Å². The Labute approximate surface area is 129 Å². The van der Waals surface area contributed by atoms with E-state index in [2.05, 4.69) is 27.3 Å². The molecule has 3 nitrogen and oxygen atoms in total. The van der Waals surface area contributed by atoms with Gasteiger partial charge in [0.15, 0.2) is 0 Å². The lowest BCUT2D eigenvalue weighted by molar-refractivity contribution is -0.126. The van der Waals surface area contributed by atoms with Crippen LogP contribution >= 0.6 is 15.9 Å². The number of halogens is 1. The van der Waals surface area contributed by atoms with Crippen molar-refractivity contribution in [3.8, 4) is 0 Å². The molecule has 4 heteroatoms. The summed E-state index contributed by atoms with van der Waals surface area (Å²) in [6.07, 6.45) is 1.54. The van der Waals surface area contributed by atoms with Crippen molar-refractivity contribution >= 4 is 21.8 Å². The Hall–Kier alpha value is -0.870. The van der Waals surface area contributed by atoms with Crippen LogP contribution in [-0.4, -0.2) is 23.7 Å². The van der Waals surface area contributed by atoms with Gasteiger partial charge in [-0.1, -0.05) is 41.9 Å². The minimum absolute atomic E-state index is 0.0101. The van der Waals surface area contributed by atoms with Gasteiger partial charge >= 0.3 is 0 Å². The Bertz CT molecular complexity index is 436. The van der Waals surface area contributed by atoms with E-state index in [0.717, 1.165) is 22.9 Å². The summed E-state index contributed by atoms with van der Waals surface area (Å²) in [6, 6.07) is 8.05. The van der Waals surface area contributed by atoms with Gasteiger partial charge in [0.25, 0.3) is 0 Å². The smallest absolute Gasteiger partial charge is 0.223 e. The van der Waals surface area contributed by atoms with E-state index < -0.39 is 0 Å². The van der Waals surface area contributed by atoms with Crippen molar-refractivity contribution in [2.24, 2.45) is 11.8 Å². The van der Waals surface area contributed by atoms with E-state index in [9.17, 15) is 4.79 Å². The molecular weight excluding hydrogens is 318 g/mol. The summed E-state index contributed by atoms with van der Waals surface area (Å²) in [5.41, 5.74) is 1.16. The first-order valence-corrected chi connectivity index (χ1v) is 7.92. The molecule has 3 atom stereocenters. The molecule has 1 rings (SSSR count). The average molecular weight is 342 g/mol. The minimum Gasteiger partial charge on any atom is -0.396 e. The molecule has 20 heavy (non-hydrogen) atoms. The summed E-state index contributed by atoms with van der Waals surface area (Å²) in [5.74, 6) is 0.111. The van der Waals surface area contributed by atoms with E-state index in [1.165, 1.54) is 0 Å². The SMILES string of the molecule is CCC(Cc1cccc(Br)c1)C(=O)NC(C)C(C)CO. The fourth-order valence-electron chi connectivity index (χ4n) is 2.01. The van der Waals surface area contributed by atoms with Crippen molar-refractivity contribution in [3.63, 3.8) is 0 Å². The monoisotopic (exact) mass is 341 g/mol. The third-order valence-electron chi connectivity index (χ3n) is 3.75. The summed E-state index contributed by atoms with van der Waals surface area (Å²) in [6.45, 7) is 5.98. The van der Waals surface area contributed by atoms with Crippen LogP contribution in [-0.2, 0) is 11.2 Å². The normalized spacial score (nSPS) is 15.4. The zero-order chi connectivity index (χ0) is 15.1. The van der Waals surface area contributed by atoms with Crippen LogP contribution in [0.2, 0.25) is 0 Å². The zero-order valence-corrected chi connectivity index (χ0v) is 14.0. The van der Waals surface area contributed by atoms with E-state index in [1.807, 2.05) is 39.0 Å². The number of benzene rings is 1. The maximum atomic E-state index is 12.3. The lowest BCUT2D eigenvalue weighted by Gasteiger charge is -2.23.